The van der Waals surface area contributed by atoms with Crippen molar-refractivity contribution in [2.75, 3.05) is 7.05 Å². The third kappa shape index (κ3) is 2.81. The largest absolute Gasteiger partial charge is 0.339 e. The second-order valence-corrected chi connectivity index (χ2v) is 9.73. The number of hydrogen-bond acceptors (Lipinski definition) is 1. The monoisotopic (exact) mass is 201 g/mol. The van der Waals surface area contributed by atoms with Crippen LogP contribution in [0.2, 0.25) is 17.1 Å². The van der Waals surface area contributed by atoms with Crippen LogP contribution in [0.4, 0.5) is 0 Å². The van der Waals surface area contributed by atoms with E-state index in [1.54, 1.807) is 0 Å². The number of rotatable bonds is 6. The van der Waals surface area contributed by atoms with Gasteiger partial charge in [-0.2, -0.15) is 0 Å². The smallest absolute Gasteiger partial charge is 0.130 e. The van der Waals surface area contributed by atoms with E-state index in [-0.39, 0.29) is 0 Å². The molecule has 13 heavy (non-hydrogen) atoms. The van der Waals surface area contributed by atoms with Crippen molar-refractivity contribution in [1.29, 1.82) is 0 Å². The van der Waals surface area contributed by atoms with Gasteiger partial charge in [0.25, 0.3) is 0 Å². The third-order valence-corrected chi connectivity index (χ3v) is 10.1. The maximum absolute atomic E-state index is 3.71. The molecule has 0 amide bonds. The topological polar surface area (TPSA) is 12.0 Å². The summed E-state index contributed by atoms with van der Waals surface area (Å²) in [6.07, 6.45) is 2.65. The molecule has 0 spiro atoms. The zero-order valence-electron chi connectivity index (χ0n) is 10.3. The summed E-state index contributed by atoms with van der Waals surface area (Å²) >= 11 is 0. The maximum Gasteiger partial charge on any atom is 0.130 e. The van der Waals surface area contributed by atoms with Gasteiger partial charge in [0.15, 0.2) is 0 Å². The zero-order valence-corrected chi connectivity index (χ0v) is 11.3. The van der Waals surface area contributed by atoms with Crippen LogP contribution in [0.3, 0.4) is 0 Å². The van der Waals surface area contributed by atoms with Crippen molar-refractivity contribution in [3.8, 4) is 0 Å². The number of nitrogens with one attached hydrogen (secondary N) is 1. The minimum absolute atomic E-state index is 0.854. The molecule has 0 saturated carbocycles. The summed E-state index contributed by atoms with van der Waals surface area (Å²) in [6.45, 7) is 11.8. The van der Waals surface area contributed by atoms with Crippen LogP contribution in [-0.2, 0) is 0 Å². The Hall–Kier alpha value is 0.177. The molecular formula is C11H27NSi. The highest BCUT2D eigenvalue weighted by molar-refractivity contribution is 6.80. The lowest BCUT2D eigenvalue weighted by molar-refractivity contribution is 0.742. The van der Waals surface area contributed by atoms with E-state index in [1.807, 2.05) is 0 Å². The SMILES string of the molecule is CCC[Si](NC)(C(C)C)C(C)CC. The quantitative estimate of drug-likeness (QED) is 0.645. The lowest BCUT2D eigenvalue weighted by atomic mass is 10.4. The summed E-state index contributed by atoms with van der Waals surface area (Å²) in [4.78, 5) is 3.71. The highest BCUT2D eigenvalue weighted by atomic mass is 28.3. The molecule has 0 aliphatic carbocycles. The molecule has 0 aromatic rings. The van der Waals surface area contributed by atoms with Gasteiger partial charge in [-0.05, 0) is 24.2 Å². The molecule has 80 valence electrons. The average molecular weight is 201 g/mol. The first-order chi connectivity index (χ1) is 6.05. The molecule has 0 saturated heterocycles. The van der Waals surface area contributed by atoms with Gasteiger partial charge in [-0.1, -0.05) is 47.5 Å². The molecule has 0 bridgehead atoms. The second kappa shape index (κ2) is 5.81. The van der Waals surface area contributed by atoms with Crippen LogP contribution >= 0.6 is 0 Å². The molecule has 0 rings (SSSR count). The van der Waals surface area contributed by atoms with Crippen molar-refractivity contribution in [2.45, 2.75) is 64.6 Å². The highest BCUT2D eigenvalue weighted by Crippen LogP contribution is 2.36. The van der Waals surface area contributed by atoms with E-state index < -0.39 is 8.24 Å². The summed E-state index contributed by atoms with van der Waals surface area (Å²) in [5.74, 6) is 0. The van der Waals surface area contributed by atoms with Crippen LogP contribution in [0.25, 0.3) is 0 Å². The van der Waals surface area contributed by atoms with Crippen molar-refractivity contribution in [3.63, 3.8) is 0 Å². The maximum atomic E-state index is 3.71. The standard InChI is InChI=1S/C11H27NSi/c1-7-9-13(12-6,10(3)4)11(5)8-2/h10-12H,7-9H2,1-6H3. The summed E-state index contributed by atoms with van der Waals surface area (Å²) < 4.78 is 0. The van der Waals surface area contributed by atoms with Crippen LogP contribution < -0.4 is 4.98 Å². The van der Waals surface area contributed by atoms with Crippen molar-refractivity contribution in [2.24, 2.45) is 0 Å². The van der Waals surface area contributed by atoms with Crippen LogP contribution in [-0.4, -0.2) is 15.3 Å². The fourth-order valence-electron chi connectivity index (χ4n) is 2.54. The van der Waals surface area contributed by atoms with Gasteiger partial charge in [0, 0.05) is 0 Å². The molecule has 0 aliphatic heterocycles. The molecule has 0 aromatic carbocycles. The van der Waals surface area contributed by atoms with E-state index in [0.717, 1.165) is 11.1 Å². The van der Waals surface area contributed by atoms with E-state index in [4.69, 9.17) is 0 Å². The van der Waals surface area contributed by atoms with Gasteiger partial charge >= 0.3 is 0 Å². The summed E-state index contributed by atoms with van der Waals surface area (Å²) in [6, 6.07) is 1.43. The molecule has 0 heterocycles. The van der Waals surface area contributed by atoms with Gasteiger partial charge in [0.1, 0.15) is 8.24 Å². The van der Waals surface area contributed by atoms with Crippen molar-refractivity contribution >= 4 is 8.24 Å². The normalized spacial score (nSPS) is 18.7. The first kappa shape index (κ1) is 13.2. The molecule has 2 atom stereocenters. The molecule has 0 aromatic heterocycles. The predicted molar refractivity (Wildman–Crippen MR) is 64.7 cm³/mol. The van der Waals surface area contributed by atoms with Gasteiger partial charge in [-0.3, -0.25) is 0 Å². The molecular weight excluding hydrogens is 174 g/mol. The summed E-state index contributed by atoms with van der Waals surface area (Å²) in [5, 5.41) is 0. The lowest BCUT2D eigenvalue weighted by Crippen LogP contribution is -2.54. The summed E-state index contributed by atoms with van der Waals surface area (Å²) in [5.41, 5.74) is 1.75. The molecule has 0 aliphatic rings. The fourth-order valence-corrected chi connectivity index (χ4v) is 7.63. The van der Waals surface area contributed by atoms with E-state index in [1.165, 1.54) is 18.9 Å². The Balaban J connectivity index is 4.63. The Bertz CT molecular complexity index is 136. The van der Waals surface area contributed by atoms with Crippen LogP contribution in [0.15, 0.2) is 0 Å². The van der Waals surface area contributed by atoms with E-state index in [0.29, 0.717) is 0 Å². The average Bonchev–Trinajstić information content (AvgIpc) is 2.12. The first-order valence-electron chi connectivity index (χ1n) is 5.74. The minimum Gasteiger partial charge on any atom is -0.339 e. The van der Waals surface area contributed by atoms with E-state index >= 15 is 0 Å². The molecule has 2 heteroatoms. The Labute approximate surface area is 85.4 Å². The van der Waals surface area contributed by atoms with Gasteiger partial charge in [-0.25, -0.2) is 0 Å². The van der Waals surface area contributed by atoms with Crippen LogP contribution in [0, 0.1) is 0 Å². The van der Waals surface area contributed by atoms with Gasteiger partial charge in [-0.15, -0.1) is 0 Å². The van der Waals surface area contributed by atoms with Gasteiger partial charge in [0.2, 0.25) is 0 Å². The van der Waals surface area contributed by atoms with E-state index in [9.17, 15) is 0 Å². The molecule has 0 radical (unpaired) electrons. The fraction of sp³-hybridized carbons (Fsp3) is 1.00. The van der Waals surface area contributed by atoms with Gasteiger partial charge in [0.05, 0.1) is 0 Å². The summed E-state index contributed by atoms with van der Waals surface area (Å²) in [7, 11) is 0.974. The Morgan fingerprint density at radius 3 is 1.92 bits per heavy atom. The van der Waals surface area contributed by atoms with Crippen molar-refractivity contribution < 1.29 is 0 Å². The number of hydrogen-bond donors (Lipinski definition) is 1. The van der Waals surface area contributed by atoms with Crippen molar-refractivity contribution in [3.05, 3.63) is 0 Å². The molecule has 1 N–H and O–H groups in total. The Morgan fingerprint density at radius 1 is 1.15 bits per heavy atom. The molecule has 0 fully saturated rings. The highest BCUT2D eigenvalue weighted by Gasteiger charge is 2.38. The zero-order chi connectivity index (χ0) is 10.5. The van der Waals surface area contributed by atoms with Crippen LogP contribution in [0.5, 0.6) is 0 Å². The van der Waals surface area contributed by atoms with Gasteiger partial charge < -0.3 is 4.98 Å². The van der Waals surface area contributed by atoms with E-state index in [2.05, 4.69) is 46.6 Å². The lowest BCUT2D eigenvalue weighted by Gasteiger charge is -2.40. The Morgan fingerprint density at radius 2 is 1.69 bits per heavy atom. The minimum atomic E-state index is -1.20. The van der Waals surface area contributed by atoms with Crippen LogP contribution in [0.1, 0.15) is 47.5 Å². The van der Waals surface area contributed by atoms with Crippen molar-refractivity contribution in [1.82, 2.24) is 4.98 Å². The predicted octanol–water partition coefficient (Wildman–Crippen LogP) is 3.77. The first-order valence-corrected chi connectivity index (χ1v) is 8.10. The Kier molecular flexibility index (Phi) is 5.89. The second-order valence-electron chi connectivity index (χ2n) is 4.50. The molecule has 2 unspecified atom stereocenters. The molecule has 1 nitrogen and oxygen atoms in total. The third-order valence-electron chi connectivity index (χ3n) is 3.65.